The van der Waals surface area contributed by atoms with E-state index in [2.05, 4.69) is 15.1 Å². The van der Waals surface area contributed by atoms with Gasteiger partial charge in [0.2, 0.25) is 15.9 Å². The van der Waals surface area contributed by atoms with E-state index in [1.54, 1.807) is 18.3 Å². The standard InChI is InChI=1S/C17H22N4O4S/c22-26(23,15-4-1-8-18-11-15)21-9-2-3-14(12-21)24-10-7-16-19-17(25-20-16)13-5-6-13/h1,4,8,11,13-14H,2-3,5-7,9-10,12H2. The molecule has 2 aromatic heterocycles. The van der Waals surface area contributed by atoms with Crippen LogP contribution in [0.25, 0.3) is 0 Å². The summed E-state index contributed by atoms with van der Waals surface area (Å²) in [6, 6.07) is 3.20. The van der Waals surface area contributed by atoms with Crippen LogP contribution in [0, 0.1) is 0 Å². The van der Waals surface area contributed by atoms with Gasteiger partial charge in [-0.25, -0.2) is 8.42 Å². The first-order chi connectivity index (χ1) is 12.6. The summed E-state index contributed by atoms with van der Waals surface area (Å²) in [5.74, 6) is 1.83. The van der Waals surface area contributed by atoms with Gasteiger partial charge in [-0.2, -0.15) is 9.29 Å². The molecule has 1 unspecified atom stereocenters. The summed E-state index contributed by atoms with van der Waals surface area (Å²) in [6.07, 6.45) is 7.27. The molecule has 140 valence electrons. The second-order valence-electron chi connectivity index (χ2n) is 6.76. The van der Waals surface area contributed by atoms with Crippen molar-refractivity contribution in [3.63, 3.8) is 0 Å². The van der Waals surface area contributed by atoms with Crippen molar-refractivity contribution in [2.24, 2.45) is 0 Å². The minimum atomic E-state index is -3.52. The van der Waals surface area contributed by atoms with Crippen molar-refractivity contribution in [1.29, 1.82) is 0 Å². The summed E-state index contributed by atoms with van der Waals surface area (Å²) in [5, 5.41) is 3.97. The fraction of sp³-hybridized carbons (Fsp3) is 0.588. The van der Waals surface area contributed by atoms with Gasteiger partial charge in [0.1, 0.15) is 4.90 Å². The normalized spacial score (nSPS) is 21.8. The SMILES string of the molecule is O=S(=O)(c1cccnc1)N1CCCC(OCCc2noc(C3CC3)n2)C1. The van der Waals surface area contributed by atoms with Gasteiger partial charge in [0, 0.05) is 37.8 Å². The van der Waals surface area contributed by atoms with Crippen molar-refractivity contribution in [3.05, 3.63) is 36.2 Å². The van der Waals surface area contributed by atoms with E-state index in [9.17, 15) is 8.42 Å². The minimum absolute atomic E-state index is 0.120. The van der Waals surface area contributed by atoms with Crippen LogP contribution in [-0.4, -0.2) is 53.6 Å². The van der Waals surface area contributed by atoms with E-state index in [0.29, 0.717) is 37.9 Å². The predicted octanol–water partition coefficient (Wildman–Crippen LogP) is 1.75. The van der Waals surface area contributed by atoms with E-state index in [1.807, 2.05) is 0 Å². The summed E-state index contributed by atoms with van der Waals surface area (Å²) >= 11 is 0. The Bertz CT molecular complexity index is 835. The minimum Gasteiger partial charge on any atom is -0.376 e. The molecule has 1 aliphatic heterocycles. The van der Waals surface area contributed by atoms with E-state index in [4.69, 9.17) is 9.26 Å². The highest BCUT2D eigenvalue weighted by atomic mass is 32.2. The summed E-state index contributed by atoms with van der Waals surface area (Å²) in [6.45, 7) is 1.32. The number of nitrogens with zero attached hydrogens (tertiary/aromatic N) is 4. The van der Waals surface area contributed by atoms with Gasteiger partial charge in [-0.3, -0.25) is 4.98 Å². The molecular weight excluding hydrogens is 356 g/mol. The highest BCUT2D eigenvalue weighted by molar-refractivity contribution is 7.89. The van der Waals surface area contributed by atoms with E-state index >= 15 is 0 Å². The zero-order chi connectivity index (χ0) is 18.0. The summed E-state index contributed by atoms with van der Waals surface area (Å²) in [4.78, 5) is 8.51. The van der Waals surface area contributed by atoms with Gasteiger partial charge in [-0.05, 0) is 37.8 Å². The zero-order valence-corrected chi connectivity index (χ0v) is 15.3. The molecule has 8 nitrogen and oxygen atoms in total. The molecule has 1 saturated heterocycles. The summed E-state index contributed by atoms with van der Waals surface area (Å²) < 4.78 is 38.0. The van der Waals surface area contributed by atoms with Gasteiger partial charge in [0.05, 0.1) is 12.7 Å². The first kappa shape index (κ1) is 17.6. The Kier molecular flexibility index (Phi) is 5.01. The van der Waals surface area contributed by atoms with Crippen molar-refractivity contribution in [2.75, 3.05) is 19.7 Å². The highest BCUT2D eigenvalue weighted by Crippen LogP contribution is 2.38. The van der Waals surface area contributed by atoms with Crippen LogP contribution in [0.4, 0.5) is 0 Å². The third kappa shape index (κ3) is 3.94. The number of hydrogen-bond acceptors (Lipinski definition) is 7. The fourth-order valence-corrected chi connectivity index (χ4v) is 4.56. The molecule has 0 spiro atoms. The smallest absolute Gasteiger partial charge is 0.244 e. The van der Waals surface area contributed by atoms with Crippen LogP contribution in [0.5, 0.6) is 0 Å². The number of piperidine rings is 1. The molecule has 0 aromatic carbocycles. The van der Waals surface area contributed by atoms with Crippen LogP contribution in [-0.2, 0) is 21.2 Å². The van der Waals surface area contributed by atoms with Gasteiger partial charge in [0.25, 0.3) is 0 Å². The largest absolute Gasteiger partial charge is 0.376 e. The molecule has 2 aliphatic rings. The third-order valence-electron chi connectivity index (χ3n) is 4.70. The molecule has 0 N–H and O–H groups in total. The molecule has 26 heavy (non-hydrogen) atoms. The van der Waals surface area contributed by atoms with Crippen LogP contribution < -0.4 is 0 Å². The summed E-state index contributed by atoms with van der Waals surface area (Å²) in [7, 11) is -3.52. The van der Waals surface area contributed by atoms with Gasteiger partial charge in [0.15, 0.2) is 5.82 Å². The van der Waals surface area contributed by atoms with Crippen LogP contribution >= 0.6 is 0 Å². The third-order valence-corrected chi connectivity index (χ3v) is 6.55. The monoisotopic (exact) mass is 378 g/mol. The number of rotatable bonds is 7. The van der Waals surface area contributed by atoms with E-state index in [1.165, 1.54) is 10.5 Å². The molecule has 4 rings (SSSR count). The van der Waals surface area contributed by atoms with Crippen LogP contribution in [0.15, 0.2) is 33.9 Å². The van der Waals surface area contributed by atoms with Gasteiger partial charge < -0.3 is 9.26 Å². The Hall–Kier alpha value is -1.84. The van der Waals surface area contributed by atoms with E-state index in [0.717, 1.165) is 31.6 Å². The Morgan fingerprint density at radius 1 is 1.31 bits per heavy atom. The first-order valence-corrected chi connectivity index (χ1v) is 10.4. The Balaban J connectivity index is 1.30. The van der Waals surface area contributed by atoms with Crippen LogP contribution in [0.1, 0.15) is 43.3 Å². The lowest BCUT2D eigenvalue weighted by atomic mass is 10.1. The number of sulfonamides is 1. The second kappa shape index (κ2) is 7.42. The number of pyridine rings is 1. The average Bonchev–Trinajstić information content (AvgIpc) is 3.42. The van der Waals surface area contributed by atoms with E-state index in [-0.39, 0.29) is 11.0 Å². The lowest BCUT2D eigenvalue weighted by Gasteiger charge is -2.31. The maximum absolute atomic E-state index is 12.7. The Morgan fingerprint density at radius 3 is 2.96 bits per heavy atom. The molecule has 0 bridgehead atoms. The molecule has 1 saturated carbocycles. The predicted molar refractivity (Wildman–Crippen MR) is 91.9 cm³/mol. The lowest BCUT2D eigenvalue weighted by molar-refractivity contribution is 0.0199. The lowest BCUT2D eigenvalue weighted by Crippen LogP contribution is -2.43. The quantitative estimate of drug-likeness (QED) is 0.724. The topological polar surface area (TPSA) is 98.4 Å². The fourth-order valence-electron chi connectivity index (χ4n) is 3.09. The number of ether oxygens (including phenoxy) is 1. The molecule has 2 aromatic rings. The first-order valence-electron chi connectivity index (χ1n) is 8.97. The highest BCUT2D eigenvalue weighted by Gasteiger charge is 2.31. The van der Waals surface area contributed by atoms with Crippen molar-refractivity contribution in [1.82, 2.24) is 19.4 Å². The van der Waals surface area contributed by atoms with Crippen molar-refractivity contribution in [2.45, 2.75) is 49.0 Å². The van der Waals surface area contributed by atoms with E-state index < -0.39 is 10.0 Å². The molecule has 2 fully saturated rings. The van der Waals surface area contributed by atoms with Crippen LogP contribution in [0.3, 0.4) is 0 Å². The summed E-state index contributed by atoms with van der Waals surface area (Å²) in [5.41, 5.74) is 0. The molecule has 1 atom stereocenters. The van der Waals surface area contributed by atoms with Gasteiger partial charge >= 0.3 is 0 Å². The van der Waals surface area contributed by atoms with Crippen LogP contribution in [0.2, 0.25) is 0 Å². The molecular formula is C17H22N4O4S. The second-order valence-corrected chi connectivity index (χ2v) is 8.70. The van der Waals surface area contributed by atoms with Gasteiger partial charge in [-0.15, -0.1) is 0 Å². The molecule has 3 heterocycles. The Morgan fingerprint density at radius 2 is 2.19 bits per heavy atom. The van der Waals surface area contributed by atoms with Gasteiger partial charge in [-0.1, -0.05) is 5.16 Å². The maximum atomic E-state index is 12.7. The number of aromatic nitrogens is 3. The molecule has 0 radical (unpaired) electrons. The molecule has 1 aliphatic carbocycles. The average molecular weight is 378 g/mol. The Labute approximate surface area is 152 Å². The molecule has 9 heteroatoms. The van der Waals surface area contributed by atoms with Crippen molar-refractivity contribution < 1.29 is 17.7 Å². The number of hydrogen-bond donors (Lipinski definition) is 0. The molecule has 0 amide bonds. The van der Waals surface area contributed by atoms with Crippen molar-refractivity contribution in [3.8, 4) is 0 Å². The zero-order valence-electron chi connectivity index (χ0n) is 14.5. The maximum Gasteiger partial charge on any atom is 0.244 e. The van der Waals surface area contributed by atoms with Crippen molar-refractivity contribution >= 4 is 10.0 Å².